The molecule has 0 bridgehead atoms. The number of benzene rings is 3. The van der Waals surface area contributed by atoms with Crippen LogP contribution in [0.25, 0.3) is 28.4 Å². The third-order valence-electron chi connectivity index (χ3n) is 11.4. The number of phenols is 3. The molecule has 3 aliphatic rings. The summed E-state index contributed by atoms with van der Waals surface area (Å²) >= 11 is 0. The van der Waals surface area contributed by atoms with Gasteiger partial charge in [0.2, 0.25) is 30.4 Å². The fourth-order valence-corrected chi connectivity index (χ4v) is 7.48. The Labute approximate surface area is 389 Å². The summed E-state index contributed by atoms with van der Waals surface area (Å²) in [6.45, 7) is -2.37. The number of esters is 1. The van der Waals surface area contributed by atoms with Crippen molar-refractivity contribution in [2.75, 3.05) is 34.0 Å². The van der Waals surface area contributed by atoms with E-state index in [-0.39, 0.29) is 51.0 Å². The van der Waals surface area contributed by atoms with Crippen molar-refractivity contribution in [2.45, 2.75) is 92.1 Å². The Balaban J connectivity index is 1.23. The molecule has 3 aromatic carbocycles. The quantitative estimate of drug-likeness (QED) is 0.0143. The van der Waals surface area contributed by atoms with E-state index in [1.165, 1.54) is 62.8 Å². The highest BCUT2D eigenvalue weighted by Gasteiger charge is 2.51. The molecule has 376 valence electrons. The van der Waals surface area contributed by atoms with E-state index in [1.54, 1.807) is 0 Å². The lowest BCUT2D eigenvalue weighted by atomic mass is 9.99. The smallest absolute Gasteiger partial charge is 0.402 e. The fourth-order valence-electron chi connectivity index (χ4n) is 7.48. The zero-order valence-electron chi connectivity index (χ0n) is 36.3. The fraction of sp³-hybridized carbons (Fsp3) is 0.455. The maximum Gasteiger partial charge on any atom is 0.402 e. The molecule has 0 radical (unpaired) electrons. The number of methoxy groups -OCH3 is 2. The normalized spacial score (nSPS) is 31.6. The van der Waals surface area contributed by atoms with Crippen LogP contribution in [0.4, 0.5) is 0 Å². The molecule has 3 fully saturated rings. The van der Waals surface area contributed by atoms with Gasteiger partial charge in [-0.15, -0.1) is 0 Å². The van der Waals surface area contributed by atoms with Crippen molar-refractivity contribution >= 4 is 23.0 Å². The molecule has 4 aromatic rings. The average Bonchev–Trinajstić information content (AvgIpc) is 3.34. The number of rotatable bonds is 16. The van der Waals surface area contributed by atoms with Crippen LogP contribution in [0.15, 0.2) is 65.1 Å². The molecule has 0 saturated carbocycles. The molecule has 25 nitrogen and oxygen atoms in total. The second-order valence-electron chi connectivity index (χ2n) is 15.9. The lowest BCUT2D eigenvalue weighted by Gasteiger charge is -2.42. The second-order valence-corrected chi connectivity index (χ2v) is 15.9. The Kier molecular flexibility index (Phi) is 16.2. The number of phenolic OH excluding ortho intramolecular Hbond substituents is 3. The standard InChI is InChI=1S/C44H50O25/c1-59-24-10-17(11-25(60-2)31(24)50)6-9-30(49)61-16-29-34(53)37(56)41(68-69-43-39(58)36(55)33(52)28(15-46)66-43)44(67-29)64-26-13-19-22(62-40(26)18-7-8-20(47)21(48)12-18)4-3-5-23(19)63-42-38(57)35(54)32(51)27(14-45)65-42/h3-13,27-29,32-39,41-46,51-58H,14-16H2,1-2H3,(H2-,47,48,49,50)/p+1/t27-,28-,29-,32-,33-,34-,35+,36+,37+,38-,39-,41-,42-,43+,44-/m1/s1. The molecule has 0 aliphatic carbocycles. The van der Waals surface area contributed by atoms with Crippen LogP contribution in [0.5, 0.6) is 40.2 Å². The van der Waals surface area contributed by atoms with Gasteiger partial charge in [0, 0.05) is 24.3 Å². The van der Waals surface area contributed by atoms with Crippen molar-refractivity contribution in [1.29, 1.82) is 0 Å². The predicted molar refractivity (Wildman–Crippen MR) is 226 cm³/mol. The van der Waals surface area contributed by atoms with E-state index in [9.17, 15) is 71.2 Å². The molecular weight excluding hydrogens is 928 g/mol. The Hall–Kier alpha value is -5.72. The first-order valence-electron chi connectivity index (χ1n) is 21.0. The number of carbonyl (C=O) groups excluding carboxylic acids is 1. The van der Waals surface area contributed by atoms with Gasteiger partial charge >= 0.3 is 17.3 Å². The molecule has 15 atom stereocenters. The summed E-state index contributed by atoms with van der Waals surface area (Å²) in [6.07, 6.45) is -24.9. The van der Waals surface area contributed by atoms with Gasteiger partial charge in [-0.25, -0.2) is 19.0 Å². The zero-order chi connectivity index (χ0) is 49.8. The van der Waals surface area contributed by atoms with Crippen LogP contribution in [0.3, 0.4) is 0 Å². The lowest BCUT2D eigenvalue weighted by Crippen LogP contribution is -2.62. The number of aromatic hydroxyl groups is 3. The van der Waals surface area contributed by atoms with Crippen molar-refractivity contribution in [3.8, 4) is 51.6 Å². The number of hydrogen-bond donors (Lipinski definition) is 13. The van der Waals surface area contributed by atoms with Crippen molar-refractivity contribution in [2.24, 2.45) is 0 Å². The third kappa shape index (κ3) is 10.9. The largest absolute Gasteiger partial charge is 0.504 e. The molecule has 0 unspecified atom stereocenters. The second kappa shape index (κ2) is 21.9. The van der Waals surface area contributed by atoms with Crippen LogP contribution >= 0.6 is 0 Å². The highest BCUT2D eigenvalue weighted by molar-refractivity contribution is 5.88. The summed E-state index contributed by atoms with van der Waals surface area (Å²) in [5.74, 6) is -2.97. The van der Waals surface area contributed by atoms with Gasteiger partial charge in [0.25, 0.3) is 0 Å². The van der Waals surface area contributed by atoms with E-state index >= 15 is 0 Å². The first kappa shape index (κ1) is 51.1. The SMILES string of the molecule is COc1cc(C=CC(=O)OC[C@H]2O[C@@H](Oc3cc4c(O[C@@H]5O[C@H](CO)[C@@H](O)[C@H](O)[C@H]5O)cccc4[o+]c3-c3ccc(O)c(O)c3)[C@H](OO[C@@H]3O[C@H](CO)[C@@H](O)[C@H](O)[C@H]3O)[C@@H](O)[C@@H]2O)cc(OC)c1O. The molecule has 7 rings (SSSR count). The number of hydrogen-bond acceptors (Lipinski definition) is 24. The van der Waals surface area contributed by atoms with E-state index in [0.717, 1.165) is 18.2 Å². The first-order valence-corrected chi connectivity index (χ1v) is 21.0. The van der Waals surface area contributed by atoms with Gasteiger partial charge in [0.1, 0.15) is 84.9 Å². The van der Waals surface area contributed by atoms with Gasteiger partial charge in [-0.05, 0) is 48.0 Å². The highest BCUT2D eigenvalue weighted by atomic mass is 17.2. The van der Waals surface area contributed by atoms with Crippen LogP contribution in [-0.4, -0.2) is 199 Å². The van der Waals surface area contributed by atoms with Crippen molar-refractivity contribution < 1.29 is 123 Å². The number of ether oxygens (including phenoxy) is 8. The third-order valence-corrected chi connectivity index (χ3v) is 11.4. The van der Waals surface area contributed by atoms with Crippen LogP contribution in [0, 0.1) is 0 Å². The van der Waals surface area contributed by atoms with Gasteiger partial charge in [0.15, 0.2) is 29.1 Å². The molecule has 1 aromatic heterocycles. The predicted octanol–water partition coefficient (Wildman–Crippen LogP) is -2.11. The van der Waals surface area contributed by atoms with Crippen LogP contribution < -0.4 is 18.9 Å². The Morgan fingerprint density at radius 1 is 0.623 bits per heavy atom. The minimum absolute atomic E-state index is 0.0350. The molecule has 4 heterocycles. The van der Waals surface area contributed by atoms with E-state index in [1.807, 2.05) is 0 Å². The Bertz CT molecular complexity index is 2400. The molecule has 69 heavy (non-hydrogen) atoms. The molecule has 3 aliphatic heterocycles. The van der Waals surface area contributed by atoms with Crippen molar-refractivity contribution in [3.05, 3.63) is 66.2 Å². The summed E-state index contributed by atoms with van der Waals surface area (Å²) in [7, 11) is 2.61. The van der Waals surface area contributed by atoms with E-state index in [2.05, 4.69) is 0 Å². The number of aliphatic hydroxyl groups excluding tert-OH is 10. The summed E-state index contributed by atoms with van der Waals surface area (Å²) in [5.41, 5.74) is 0.429. The van der Waals surface area contributed by atoms with Crippen LogP contribution in [0.2, 0.25) is 0 Å². The van der Waals surface area contributed by atoms with Crippen molar-refractivity contribution in [3.63, 3.8) is 0 Å². The molecule has 25 heteroatoms. The maximum atomic E-state index is 13.0. The number of aliphatic hydroxyl groups is 10. The monoisotopic (exact) mass is 979 g/mol. The van der Waals surface area contributed by atoms with Gasteiger partial charge < -0.3 is 104 Å². The summed E-state index contributed by atoms with van der Waals surface area (Å²) in [5, 5.41) is 136. The number of fused-ring (bicyclic) bond motifs is 1. The average molecular weight is 980 g/mol. The lowest BCUT2D eigenvalue weighted by molar-refractivity contribution is -0.467. The Morgan fingerprint density at radius 2 is 1.22 bits per heavy atom. The zero-order valence-corrected chi connectivity index (χ0v) is 36.3. The van der Waals surface area contributed by atoms with E-state index in [4.69, 9.17) is 52.1 Å². The highest BCUT2D eigenvalue weighted by Crippen LogP contribution is 2.43. The van der Waals surface area contributed by atoms with Crippen LogP contribution in [-0.2, 0) is 33.5 Å². The molecule has 13 N–H and O–H groups in total. The van der Waals surface area contributed by atoms with Crippen LogP contribution in [0.1, 0.15) is 5.56 Å². The Morgan fingerprint density at radius 3 is 1.84 bits per heavy atom. The number of carbonyl (C=O) groups is 1. The minimum Gasteiger partial charge on any atom is -0.504 e. The molecule has 3 saturated heterocycles. The molecule has 0 amide bonds. The minimum atomic E-state index is -2.09. The topological polar surface area (TPSA) is 384 Å². The van der Waals surface area contributed by atoms with Gasteiger partial charge in [0.05, 0.1) is 33.0 Å². The summed E-state index contributed by atoms with van der Waals surface area (Å²) in [6, 6.07) is 11.9. The molecular formula is C44H51O25+. The summed E-state index contributed by atoms with van der Waals surface area (Å²) < 4.78 is 51.1. The van der Waals surface area contributed by atoms with E-state index in [0.29, 0.717) is 5.56 Å². The van der Waals surface area contributed by atoms with Gasteiger partial charge in [-0.1, -0.05) is 0 Å². The van der Waals surface area contributed by atoms with Gasteiger partial charge in [-0.3, -0.25) is 0 Å². The first-order chi connectivity index (χ1) is 33.0. The maximum absolute atomic E-state index is 13.0. The van der Waals surface area contributed by atoms with E-state index < -0.39 is 129 Å². The summed E-state index contributed by atoms with van der Waals surface area (Å²) in [4.78, 5) is 23.7. The molecule has 0 spiro atoms. The van der Waals surface area contributed by atoms with Gasteiger partial charge in [-0.2, -0.15) is 0 Å². The van der Waals surface area contributed by atoms with Crippen molar-refractivity contribution in [1.82, 2.24) is 0 Å².